The summed E-state index contributed by atoms with van der Waals surface area (Å²) in [4.78, 5) is 18.6. The third-order valence-electron chi connectivity index (χ3n) is 3.66. The third kappa shape index (κ3) is 7.45. The Kier molecular flexibility index (Phi) is 9.62. The van der Waals surface area contributed by atoms with Crippen molar-refractivity contribution in [2.75, 3.05) is 26.7 Å². The van der Waals surface area contributed by atoms with Gasteiger partial charge in [0.05, 0.1) is 12.7 Å². The Labute approximate surface area is 176 Å². The second-order valence-electron chi connectivity index (χ2n) is 5.92. The van der Waals surface area contributed by atoms with E-state index in [9.17, 15) is 9.90 Å². The van der Waals surface area contributed by atoms with Crippen molar-refractivity contribution in [3.63, 3.8) is 0 Å². The Morgan fingerprint density at radius 1 is 1.30 bits per heavy atom. The van der Waals surface area contributed by atoms with Gasteiger partial charge in [0.25, 0.3) is 5.91 Å². The lowest BCUT2D eigenvalue weighted by atomic mass is 10.2. The number of hydrogen-bond donors (Lipinski definition) is 3. The largest absolute Gasteiger partial charge is 0.508 e. The molecule has 27 heavy (non-hydrogen) atoms. The number of phenols is 1. The smallest absolute Gasteiger partial charge is 0.251 e. The summed E-state index contributed by atoms with van der Waals surface area (Å²) in [5.74, 6) is 0.724. The van der Waals surface area contributed by atoms with Gasteiger partial charge in [-0.25, -0.2) is 0 Å². The first-order valence-electron chi connectivity index (χ1n) is 8.53. The molecule has 0 fully saturated rings. The summed E-state index contributed by atoms with van der Waals surface area (Å²) < 4.78 is 1.77. The molecule has 3 N–H and O–H groups in total. The lowest BCUT2D eigenvalue weighted by molar-refractivity contribution is 0.0955. The van der Waals surface area contributed by atoms with Gasteiger partial charge in [-0.05, 0) is 31.2 Å². The summed E-state index contributed by atoms with van der Waals surface area (Å²) in [5.41, 5.74) is 1.61. The van der Waals surface area contributed by atoms with Gasteiger partial charge >= 0.3 is 0 Å². The van der Waals surface area contributed by atoms with E-state index in [1.54, 1.807) is 16.8 Å². The van der Waals surface area contributed by atoms with Crippen LogP contribution in [0.2, 0.25) is 0 Å². The molecule has 148 valence electrons. The SMILES string of the molecule is CCNC(=NCCNC(=O)c1ccc(O)cc1)N(C)Cc1cnn(C)c1.I. The molecule has 0 bridgehead atoms. The van der Waals surface area contributed by atoms with Gasteiger partial charge in [-0.1, -0.05) is 0 Å². The van der Waals surface area contributed by atoms with E-state index in [0.29, 0.717) is 25.2 Å². The van der Waals surface area contributed by atoms with Crippen molar-refractivity contribution in [3.8, 4) is 5.75 Å². The highest BCUT2D eigenvalue weighted by molar-refractivity contribution is 14.0. The van der Waals surface area contributed by atoms with Crippen molar-refractivity contribution >= 4 is 35.8 Å². The minimum absolute atomic E-state index is 0. The van der Waals surface area contributed by atoms with Gasteiger partial charge in [0, 0.05) is 51.1 Å². The molecule has 0 radical (unpaired) electrons. The normalized spacial score (nSPS) is 10.9. The maximum Gasteiger partial charge on any atom is 0.251 e. The van der Waals surface area contributed by atoms with E-state index >= 15 is 0 Å². The van der Waals surface area contributed by atoms with E-state index in [2.05, 4.69) is 20.7 Å². The van der Waals surface area contributed by atoms with Crippen LogP contribution in [0.1, 0.15) is 22.8 Å². The first kappa shape index (κ1) is 22.7. The number of halogens is 1. The number of nitrogens with zero attached hydrogens (tertiary/aromatic N) is 4. The predicted molar refractivity (Wildman–Crippen MR) is 117 cm³/mol. The Bertz CT molecular complexity index is 745. The fraction of sp³-hybridized carbons (Fsp3) is 0.389. The zero-order valence-electron chi connectivity index (χ0n) is 15.8. The molecule has 1 aromatic heterocycles. The highest BCUT2D eigenvalue weighted by Gasteiger charge is 2.08. The van der Waals surface area contributed by atoms with Crippen molar-refractivity contribution in [3.05, 3.63) is 47.8 Å². The summed E-state index contributed by atoms with van der Waals surface area (Å²) in [5, 5.41) is 19.5. The maximum atomic E-state index is 12.0. The first-order valence-corrected chi connectivity index (χ1v) is 8.53. The van der Waals surface area contributed by atoms with Crippen LogP contribution in [0.3, 0.4) is 0 Å². The molecule has 1 aromatic carbocycles. The van der Waals surface area contributed by atoms with Gasteiger partial charge < -0.3 is 20.6 Å². The molecule has 0 atom stereocenters. The average Bonchev–Trinajstić information content (AvgIpc) is 3.02. The van der Waals surface area contributed by atoms with Gasteiger partial charge in [-0.2, -0.15) is 5.10 Å². The van der Waals surface area contributed by atoms with Crippen LogP contribution in [0.25, 0.3) is 0 Å². The number of aromatic hydroxyl groups is 1. The quantitative estimate of drug-likeness (QED) is 0.239. The summed E-state index contributed by atoms with van der Waals surface area (Å²) in [6.07, 6.45) is 3.80. The van der Waals surface area contributed by atoms with Gasteiger partial charge in [-0.15, -0.1) is 24.0 Å². The van der Waals surface area contributed by atoms with Crippen LogP contribution in [0.5, 0.6) is 5.75 Å². The molecule has 2 rings (SSSR count). The van der Waals surface area contributed by atoms with Crippen LogP contribution in [0.4, 0.5) is 0 Å². The number of carbonyl (C=O) groups excluding carboxylic acids is 1. The lowest BCUT2D eigenvalue weighted by Crippen LogP contribution is -2.39. The number of hydrogen-bond acceptors (Lipinski definition) is 4. The monoisotopic (exact) mass is 486 g/mol. The third-order valence-corrected chi connectivity index (χ3v) is 3.66. The number of aromatic nitrogens is 2. The number of aliphatic imine (C=N–C) groups is 1. The summed E-state index contributed by atoms with van der Waals surface area (Å²) in [6, 6.07) is 6.15. The molecule has 8 nitrogen and oxygen atoms in total. The van der Waals surface area contributed by atoms with Crippen molar-refractivity contribution in [1.82, 2.24) is 25.3 Å². The van der Waals surface area contributed by atoms with E-state index in [-0.39, 0.29) is 35.6 Å². The highest BCUT2D eigenvalue weighted by atomic mass is 127. The van der Waals surface area contributed by atoms with Crippen molar-refractivity contribution in [2.24, 2.45) is 12.0 Å². The number of amides is 1. The topological polar surface area (TPSA) is 94.8 Å². The van der Waals surface area contributed by atoms with Gasteiger partial charge in [-0.3, -0.25) is 14.5 Å². The molecule has 0 aliphatic heterocycles. The molecule has 0 spiro atoms. The Morgan fingerprint density at radius 2 is 2.00 bits per heavy atom. The van der Waals surface area contributed by atoms with E-state index < -0.39 is 0 Å². The highest BCUT2D eigenvalue weighted by Crippen LogP contribution is 2.09. The fourth-order valence-corrected chi connectivity index (χ4v) is 2.42. The van der Waals surface area contributed by atoms with Crippen LogP contribution >= 0.6 is 24.0 Å². The van der Waals surface area contributed by atoms with Crippen LogP contribution < -0.4 is 10.6 Å². The van der Waals surface area contributed by atoms with Gasteiger partial charge in [0.1, 0.15) is 5.75 Å². The Balaban J connectivity index is 0.00000364. The van der Waals surface area contributed by atoms with Crippen molar-refractivity contribution < 1.29 is 9.90 Å². The number of benzene rings is 1. The fourth-order valence-electron chi connectivity index (χ4n) is 2.42. The van der Waals surface area contributed by atoms with Crippen LogP contribution in [-0.2, 0) is 13.6 Å². The van der Waals surface area contributed by atoms with Crippen LogP contribution in [0.15, 0.2) is 41.7 Å². The lowest BCUT2D eigenvalue weighted by Gasteiger charge is -2.21. The number of rotatable bonds is 7. The number of phenolic OH excluding ortho intramolecular Hbond substituents is 1. The van der Waals surface area contributed by atoms with Crippen molar-refractivity contribution in [2.45, 2.75) is 13.5 Å². The molecule has 2 aromatic rings. The molecular weight excluding hydrogens is 459 g/mol. The van der Waals surface area contributed by atoms with Gasteiger partial charge in [0.15, 0.2) is 5.96 Å². The average molecular weight is 486 g/mol. The number of carbonyl (C=O) groups is 1. The number of nitrogens with one attached hydrogen (secondary N) is 2. The minimum Gasteiger partial charge on any atom is -0.508 e. The Hall–Kier alpha value is -2.30. The molecule has 0 saturated carbocycles. The zero-order chi connectivity index (χ0) is 18.9. The summed E-state index contributed by atoms with van der Waals surface area (Å²) in [6.45, 7) is 4.36. The second-order valence-corrected chi connectivity index (χ2v) is 5.92. The molecule has 0 unspecified atom stereocenters. The maximum absolute atomic E-state index is 12.0. The molecular formula is C18H27IN6O2. The van der Waals surface area contributed by atoms with E-state index in [1.165, 1.54) is 12.1 Å². The standard InChI is InChI=1S/C18H26N6O2.HI/c1-4-19-18(23(2)12-14-11-22-24(3)13-14)21-10-9-20-17(26)15-5-7-16(25)8-6-15;/h5-8,11,13,25H,4,9-10,12H2,1-3H3,(H,19,21)(H,20,26);1H. The molecule has 0 aliphatic rings. The number of guanidine groups is 1. The van der Waals surface area contributed by atoms with Crippen LogP contribution in [-0.4, -0.2) is 58.3 Å². The minimum atomic E-state index is -0.186. The molecule has 9 heteroatoms. The molecule has 1 amide bonds. The van der Waals surface area contributed by atoms with E-state index in [0.717, 1.165) is 18.1 Å². The number of aryl methyl sites for hydroxylation is 1. The summed E-state index contributed by atoms with van der Waals surface area (Å²) >= 11 is 0. The van der Waals surface area contributed by atoms with Crippen molar-refractivity contribution in [1.29, 1.82) is 0 Å². The van der Waals surface area contributed by atoms with E-state index in [4.69, 9.17) is 0 Å². The predicted octanol–water partition coefficient (Wildman–Crippen LogP) is 1.57. The zero-order valence-corrected chi connectivity index (χ0v) is 18.2. The first-order chi connectivity index (χ1) is 12.5. The molecule has 1 heterocycles. The summed E-state index contributed by atoms with van der Waals surface area (Å²) in [7, 11) is 3.85. The molecule has 0 saturated heterocycles. The van der Waals surface area contributed by atoms with Crippen LogP contribution in [0, 0.1) is 0 Å². The Morgan fingerprint density at radius 3 is 2.59 bits per heavy atom. The van der Waals surface area contributed by atoms with Gasteiger partial charge in [0.2, 0.25) is 0 Å². The second kappa shape index (κ2) is 11.4. The van der Waals surface area contributed by atoms with E-state index in [1.807, 2.05) is 38.3 Å². The molecule has 0 aliphatic carbocycles.